The Bertz CT molecular complexity index is 937. The van der Waals surface area contributed by atoms with E-state index < -0.39 is 5.91 Å². The Morgan fingerprint density at radius 2 is 2.17 bits per heavy atom. The Morgan fingerprint density at radius 1 is 1.39 bits per heavy atom. The molecule has 0 fully saturated rings. The molecule has 7 nitrogen and oxygen atoms in total. The molecular weight excluding hydrogens is 314 g/mol. The van der Waals surface area contributed by atoms with Crippen molar-refractivity contribution in [1.29, 1.82) is 0 Å². The third-order valence-corrected chi connectivity index (χ3v) is 4.68. The Balaban J connectivity index is 1.71. The monoisotopic (exact) mass is 331 g/mol. The Labute approximate surface area is 136 Å². The molecule has 0 radical (unpaired) electrons. The number of thiazole rings is 1. The second-order valence-corrected chi connectivity index (χ2v) is 6.18. The third-order valence-electron chi connectivity index (χ3n) is 3.91. The summed E-state index contributed by atoms with van der Waals surface area (Å²) in [4.78, 5) is 29.2. The predicted molar refractivity (Wildman–Crippen MR) is 88.1 cm³/mol. The fraction of sp³-hybridized carbons (Fsp3) is 0.333. The molecular formula is C15H17N5O2S. The maximum Gasteiger partial charge on any atom is 0.271 e. The lowest BCUT2D eigenvalue weighted by Crippen LogP contribution is -2.32. The lowest BCUT2D eigenvalue weighted by Gasteiger charge is -2.05. The number of rotatable bonds is 4. The normalized spacial score (nSPS) is 11.1. The van der Waals surface area contributed by atoms with Crippen LogP contribution < -0.4 is 10.9 Å². The van der Waals surface area contributed by atoms with E-state index >= 15 is 0 Å². The smallest absolute Gasteiger partial charge is 0.271 e. The van der Waals surface area contributed by atoms with Gasteiger partial charge >= 0.3 is 0 Å². The maximum atomic E-state index is 12.2. The molecule has 8 heteroatoms. The first-order valence-corrected chi connectivity index (χ1v) is 8.09. The number of hydrogen-bond acceptors (Lipinski definition) is 5. The van der Waals surface area contributed by atoms with Crippen molar-refractivity contribution < 1.29 is 4.79 Å². The van der Waals surface area contributed by atoms with Gasteiger partial charge < -0.3 is 5.32 Å². The lowest BCUT2D eigenvalue weighted by atomic mass is 10.1. The van der Waals surface area contributed by atoms with Crippen molar-refractivity contribution in [3.8, 4) is 0 Å². The highest BCUT2D eigenvalue weighted by atomic mass is 32.1. The van der Waals surface area contributed by atoms with Gasteiger partial charge in [0, 0.05) is 37.1 Å². The van der Waals surface area contributed by atoms with E-state index in [0.717, 1.165) is 17.0 Å². The van der Waals surface area contributed by atoms with Crippen molar-refractivity contribution in [2.45, 2.75) is 20.3 Å². The molecule has 0 aliphatic rings. The van der Waals surface area contributed by atoms with Gasteiger partial charge in [-0.25, -0.2) is 4.98 Å². The SMILES string of the molecule is Cc1nn(C)c(C)c1CCNC(=O)c1cnc2sccn2c1=O. The molecule has 1 N–H and O–H groups in total. The van der Waals surface area contributed by atoms with E-state index in [1.807, 2.05) is 25.6 Å². The second-order valence-electron chi connectivity index (χ2n) is 5.31. The van der Waals surface area contributed by atoms with E-state index in [4.69, 9.17) is 0 Å². The molecule has 1 amide bonds. The van der Waals surface area contributed by atoms with Crippen LogP contribution in [0.1, 0.15) is 27.3 Å². The Morgan fingerprint density at radius 3 is 2.87 bits per heavy atom. The first-order chi connectivity index (χ1) is 11.0. The minimum atomic E-state index is -0.401. The van der Waals surface area contributed by atoms with Crippen LogP contribution in [0, 0.1) is 13.8 Å². The third kappa shape index (κ3) is 2.77. The van der Waals surface area contributed by atoms with Crippen LogP contribution in [-0.2, 0) is 13.5 Å². The molecule has 0 aliphatic heterocycles. The van der Waals surface area contributed by atoms with E-state index in [1.165, 1.54) is 21.9 Å². The van der Waals surface area contributed by atoms with Crippen LogP contribution in [0.15, 0.2) is 22.6 Å². The van der Waals surface area contributed by atoms with Gasteiger partial charge in [-0.05, 0) is 25.8 Å². The number of fused-ring (bicyclic) bond motifs is 1. The summed E-state index contributed by atoms with van der Waals surface area (Å²) in [6.07, 6.45) is 3.63. The van der Waals surface area contributed by atoms with Gasteiger partial charge in [-0.2, -0.15) is 5.10 Å². The van der Waals surface area contributed by atoms with E-state index in [-0.39, 0.29) is 11.1 Å². The second kappa shape index (κ2) is 5.96. The summed E-state index contributed by atoms with van der Waals surface area (Å²) in [6.45, 7) is 4.39. The maximum absolute atomic E-state index is 12.2. The molecule has 23 heavy (non-hydrogen) atoms. The number of carbonyl (C=O) groups is 1. The number of aromatic nitrogens is 4. The molecule has 3 aromatic rings. The molecule has 0 bridgehead atoms. The first-order valence-electron chi connectivity index (χ1n) is 7.21. The highest BCUT2D eigenvalue weighted by Crippen LogP contribution is 2.12. The molecule has 3 aromatic heterocycles. The summed E-state index contributed by atoms with van der Waals surface area (Å²) in [6, 6.07) is 0. The largest absolute Gasteiger partial charge is 0.351 e. The summed E-state index contributed by atoms with van der Waals surface area (Å²) in [5.74, 6) is -0.401. The number of amides is 1. The fourth-order valence-electron chi connectivity index (χ4n) is 2.56. The van der Waals surface area contributed by atoms with E-state index in [9.17, 15) is 9.59 Å². The van der Waals surface area contributed by atoms with Crippen molar-refractivity contribution in [2.75, 3.05) is 6.54 Å². The Kier molecular flexibility index (Phi) is 3.99. The highest BCUT2D eigenvalue weighted by molar-refractivity contribution is 7.15. The molecule has 0 saturated heterocycles. The van der Waals surface area contributed by atoms with Gasteiger partial charge in [0.05, 0.1) is 5.69 Å². The zero-order valence-electron chi connectivity index (χ0n) is 13.2. The zero-order valence-corrected chi connectivity index (χ0v) is 14.0. The molecule has 0 saturated carbocycles. The van der Waals surface area contributed by atoms with Gasteiger partial charge in [0.15, 0.2) is 4.96 Å². The van der Waals surface area contributed by atoms with Crippen molar-refractivity contribution in [1.82, 2.24) is 24.5 Å². The summed E-state index contributed by atoms with van der Waals surface area (Å²) < 4.78 is 3.21. The quantitative estimate of drug-likeness (QED) is 0.776. The van der Waals surface area contributed by atoms with E-state index in [1.54, 1.807) is 11.6 Å². The molecule has 120 valence electrons. The summed E-state index contributed by atoms with van der Waals surface area (Å²) in [5.41, 5.74) is 2.87. The van der Waals surface area contributed by atoms with Crippen LogP contribution in [0.4, 0.5) is 0 Å². The average molecular weight is 331 g/mol. The number of carbonyl (C=O) groups excluding carboxylic acids is 1. The molecule has 0 aromatic carbocycles. The minimum Gasteiger partial charge on any atom is -0.351 e. The molecule has 3 heterocycles. The lowest BCUT2D eigenvalue weighted by molar-refractivity contribution is 0.0952. The van der Waals surface area contributed by atoms with Crippen LogP contribution in [0.5, 0.6) is 0 Å². The zero-order chi connectivity index (χ0) is 16.6. The molecule has 0 aliphatic carbocycles. The molecule has 0 atom stereocenters. The first kappa shape index (κ1) is 15.4. The fourth-order valence-corrected chi connectivity index (χ4v) is 3.23. The number of nitrogens with zero attached hydrogens (tertiary/aromatic N) is 4. The van der Waals surface area contributed by atoms with Gasteiger partial charge in [0.2, 0.25) is 0 Å². The Hall–Kier alpha value is -2.48. The van der Waals surface area contributed by atoms with Crippen LogP contribution in [0.2, 0.25) is 0 Å². The summed E-state index contributed by atoms with van der Waals surface area (Å²) in [7, 11) is 1.90. The number of nitrogens with one attached hydrogen (secondary N) is 1. The van der Waals surface area contributed by atoms with Gasteiger partial charge in [-0.3, -0.25) is 18.7 Å². The predicted octanol–water partition coefficient (Wildman–Crippen LogP) is 1.08. The number of hydrogen-bond donors (Lipinski definition) is 1. The van der Waals surface area contributed by atoms with Crippen molar-refractivity contribution >= 4 is 22.2 Å². The summed E-state index contributed by atoms with van der Waals surface area (Å²) in [5, 5.41) is 8.90. The topological polar surface area (TPSA) is 81.3 Å². The average Bonchev–Trinajstić information content (AvgIpc) is 3.08. The minimum absolute atomic E-state index is 0.0560. The summed E-state index contributed by atoms with van der Waals surface area (Å²) >= 11 is 1.35. The molecule has 0 spiro atoms. The van der Waals surface area contributed by atoms with E-state index in [0.29, 0.717) is 17.9 Å². The van der Waals surface area contributed by atoms with Crippen molar-refractivity contribution in [2.24, 2.45) is 7.05 Å². The van der Waals surface area contributed by atoms with Gasteiger partial charge in [0.1, 0.15) is 5.56 Å². The van der Waals surface area contributed by atoms with Crippen LogP contribution >= 0.6 is 11.3 Å². The van der Waals surface area contributed by atoms with E-state index in [2.05, 4.69) is 15.4 Å². The van der Waals surface area contributed by atoms with Gasteiger partial charge in [-0.1, -0.05) is 0 Å². The standard InChI is InChI=1S/C15H17N5O2S/c1-9-11(10(2)19(3)18-9)4-5-16-13(21)12-8-17-15-20(14(12)22)6-7-23-15/h6-8H,4-5H2,1-3H3,(H,16,21). The molecule has 0 unspecified atom stereocenters. The van der Waals surface area contributed by atoms with Crippen molar-refractivity contribution in [3.63, 3.8) is 0 Å². The highest BCUT2D eigenvalue weighted by Gasteiger charge is 2.14. The van der Waals surface area contributed by atoms with Gasteiger partial charge in [0.25, 0.3) is 11.5 Å². The van der Waals surface area contributed by atoms with Crippen LogP contribution in [0.3, 0.4) is 0 Å². The molecule has 3 rings (SSSR count). The number of aryl methyl sites for hydroxylation is 2. The van der Waals surface area contributed by atoms with Crippen molar-refractivity contribution in [3.05, 3.63) is 50.6 Å². The van der Waals surface area contributed by atoms with Gasteiger partial charge in [-0.15, -0.1) is 11.3 Å². The van der Waals surface area contributed by atoms with Crippen LogP contribution in [-0.4, -0.2) is 31.6 Å². The van der Waals surface area contributed by atoms with Crippen LogP contribution in [0.25, 0.3) is 4.96 Å².